The van der Waals surface area contributed by atoms with Gasteiger partial charge in [0.15, 0.2) is 5.78 Å². The number of Topliss-reactive ketones (excluding diaryl/α,β-unsaturated/α-hetero) is 1. The lowest BCUT2D eigenvalue weighted by Crippen LogP contribution is -2.49. The summed E-state index contributed by atoms with van der Waals surface area (Å²) >= 11 is 6.17. The number of ether oxygens (including phenoxy) is 1. The second-order valence-electron chi connectivity index (χ2n) is 10.5. The van der Waals surface area contributed by atoms with Gasteiger partial charge < -0.3 is 20.3 Å². The summed E-state index contributed by atoms with van der Waals surface area (Å²) < 4.78 is 5.40. The zero-order chi connectivity index (χ0) is 26.7. The van der Waals surface area contributed by atoms with Crippen molar-refractivity contribution in [3.8, 4) is 0 Å². The Morgan fingerprint density at radius 2 is 1.92 bits per heavy atom. The van der Waals surface area contributed by atoms with Crippen molar-refractivity contribution in [3.05, 3.63) is 47.4 Å². The molecule has 3 aromatic rings. The van der Waals surface area contributed by atoms with Gasteiger partial charge >= 0.3 is 6.09 Å². The molecule has 0 aliphatic carbocycles. The van der Waals surface area contributed by atoms with Crippen LogP contribution in [0.4, 0.5) is 22.0 Å². The van der Waals surface area contributed by atoms with Gasteiger partial charge in [-0.1, -0.05) is 25.4 Å². The summed E-state index contributed by atoms with van der Waals surface area (Å²) in [5.74, 6) is 0.557. The predicted octanol–water partition coefficient (Wildman–Crippen LogP) is 5.75. The number of amides is 1. The molecular formula is C27H33ClN6O3. The first-order chi connectivity index (χ1) is 17.5. The first-order valence-corrected chi connectivity index (χ1v) is 12.8. The van der Waals surface area contributed by atoms with Crippen molar-refractivity contribution < 1.29 is 14.3 Å². The molecule has 2 N–H and O–H groups in total. The molecule has 9 nitrogen and oxygen atoms in total. The van der Waals surface area contributed by atoms with Gasteiger partial charge in [-0.05, 0) is 57.9 Å². The van der Waals surface area contributed by atoms with Gasteiger partial charge in [-0.25, -0.2) is 14.8 Å². The van der Waals surface area contributed by atoms with E-state index < -0.39 is 11.7 Å². The lowest BCUT2D eigenvalue weighted by molar-refractivity contribution is 0.0499. The number of carbonyl (C=O) groups is 2. The van der Waals surface area contributed by atoms with Crippen LogP contribution in [-0.2, 0) is 4.74 Å². The zero-order valence-corrected chi connectivity index (χ0v) is 22.6. The summed E-state index contributed by atoms with van der Waals surface area (Å²) in [4.78, 5) is 40.8. The van der Waals surface area contributed by atoms with Crippen LogP contribution in [0.1, 0.15) is 57.8 Å². The van der Waals surface area contributed by atoms with E-state index >= 15 is 0 Å². The molecule has 0 aromatic carbocycles. The standard InChI is InChI=1S/C27H33ClN6O3/c1-16(2)25(35)19-14-29-20-9-10-21(28)33-24(20)23(19)31-17-8-11-22(30-13-17)34-12-6-7-18(15-34)32-26(36)37-27(3,4)5/h8-11,13-14,16,18H,6-7,12,15H2,1-5H3,(H,29,31)(H,32,36)/t18-/m1/s1. The lowest BCUT2D eigenvalue weighted by Gasteiger charge is -2.34. The Hall–Kier alpha value is -3.46. The van der Waals surface area contributed by atoms with E-state index in [1.807, 2.05) is 46.8 Å². The maximum Gasteiger partial charge on any atom is 0.407 e. The van der Waals surface area contributed by atoms with Crippen LogP contribution < -0.4 is 15.5 Å². The van der Waals surface area contributed by atoms with Gasteiger partial charge in [-0.15, -0.1) is 0 Å². The second kappa shape index (κ2) is 10.9. The van der Waals surface area contributed by atoms with Gasteiger partial charge in [0.1, 0.15) is 22.1 Å². The maximum absolute atomic E-state index is 12.9. The average molecular weight is 525 g/mol. The molecular weight excluding hydrogens is 492 g/mol. The molecule has 1 aliphatic heterocycles. The number of alkyl carbamates (subject to hydrolysis) is 1. The molecule has 37 heavy (non-hydrogen) atoms. The molecule has 1 aliphatic rings. The molecule has 0 radical (unpaired) electrons. The van der Waals surface area contributed by atoms with Crippen molar-refractivity contribution >= 4 is 51.7 Å². The maximum atomic E-state index is 12.9. The number of rotatable bonds is 6. The Bertz CT molecular complexity index is 1290. The van der Waals surface area contributed by atoms with Crippen molar-refractivity contribution in [2.24, 2.45) is 5.92 Å². The topological polar surface area (TPSA) is 109 Å². The largest absolute Gasteiger partial charge is 0.444 e. The highest BCUT2D eigenvalue weighted by atomic mass is 35.5. The highest BCUT2D eigenvalue weighted by Crippen LogP contribution is 2.31. The van der Waals surface area contributed by atoms with Crippen LogP contribution in [0.5, 0.6) is 0 Å². The van der Waals surface area contributed by atoms with E-state index in [-0.39, 0.29) is 17.7 Å². The fraction of sp³-hybridized carbons (Fsp3) is 0.444. The molecule has 0 saturated carbocycles. The van der Waals surface area contributed by atoms with E-state index in [0.29, 0.717) is 39.7 Å². The molecule has 0 bridgehead atoms. The number of hydrogen-bond acceptors (Lipinski definition) is 8. The minimum atomic E-state index is -0.538. The number of ketones is 1. The fourth-order valence-corrected chi connectivity index (χ4v) is 4.38. The molecule has 1 amide bonds. The fourth-order valence-electron chi connectivity index (χ4n) is 4.24. The van der Waals surface area contributed by atoms with Crippen LogP contribution in [0.25, 0.3) is 11.0 Å². The van der Waals surface area contributed by atoms with Crippen LogP contribution in [-0.4, -0.2) is 51.6 Å². The molecule has 0 spiro atoms. The molecule has 4 heterocycles. The Kier molecular flexibility index (Phi) is 7.82. The van der Waals surface area contributed by atoms with E-state index in [1.165, 1.54) is 0 Å². The molecule has 196 valence electrons. The number of piperidine rings is 1. The highest BCUT2D eigenvalue weighted by molar-refractivity contribution is 6.30. The number of carbonyl (C=O) groups excluding carboxylic acids is 2. The van der Waals surface area contributed by atoms with Crippen molar-refractivity contribution in [2.45, 2.75) is 59.1 Å². The van der Waals surface area contributed by atoms with Crippen LogP contribution in [0.15, 0.2) is 36.7 Å². The van der Waals surface area contributed by atoms with E-state index in [4.69, 9.17) is 16.3 Å². The minimum absolute atomic E-state index is 0.0215. The number of halogens is 1. The third-order valence-electron chi connectivity index (χ3n) is 5.95. The van der Waals surface area contributed by atoms with Crippen LogP contribution in [0.2, 0.25) is 5.15 Å². The van der Waals surface area contributed by atoms with Crippen molar-refractivity contribution in [1.29, 1.82) is 0 Å². The molecule has 1 fully saturated rings. The van der Waals surface area contributed by atoms with E-state index in [9.17, 15) is 9.59 Å². The van der Waals surface area contributed by atoms with Crippen LogP contribution >= 0.6 is 11.6 Å². The number of nitrogens with one attached hydrogen (secondary N) is 2. The Morgan fingerprint density at radius 3 is 2.59 bits per heavy atom. The van der Waals surface area contributed by atoms with Gasteiger partial charge in [0, 0.05) is 31.2 Å². The number of anilines is 3. The number of fused-ring (bicyclic) bond motifs is 1. The summed E-state index contributed by atoms with van der Waals surface area (Å²) in [6, 6.07) is 7.26. The Balaban J connectivity index is 1.53. The predicted molar refractivity (Wildman–Crippen MR) is 146 cm³/mol. The van der Waals surface area contributed by atoms with Gasteiger partial charge in [-0.2, -0.15) is 0 Å². The molecule has 0 unspecified atom stereocenters. The summed E-state index contributed by atoms with van der Waals surface area (Å²) in [7, 11) is 0. The van der Waals surface area contributed by atoms with Gasteiger partial charge in [-0.3, -0.25) is 9.78 Å². The summed E-state index contributed by atoms with van der Waals surface area (Å²) in [5, 5.41) is 6.62. The normalized spacial score (nSPS) is 16.1. The molecule has 10 heteroatoms. The number of hydrogen-bond donors (Lipinski definition) is 2. The van der Waals surface area contributed by atoms with Gasteiger partial charge in [0.25, 0.3) is 0 Å². The van der Waals surface area contributed by atoms with Crippen LogP contribution in [0, 0.1) is 5.92 Å². The quantitative estimate of drug-likeness (QED) is 0.309. The van der Waals surface area contributed by atoms with Crippen molar-refractivity contribution in [1.82, 2.24) is 20.3 Å². The summed E-state index contributed by atoms with van der Waals surface area (Å²) in [5.41, 5.74) is 2.33. The monoisotopic (exact) mass is 524 g/mol. The van der Waals surface area contributed by atoms with E-state index in [0.717, 1.165) is 25.2 Å². The third kappa shape index (κ3) is 6.65. The SMILES string of the molecule is CC(C)C(=O)c1cnc2ccc(Cl)nc2c1Nc1ccc(N2CCC[C@@H](NC(=O)OC(C)(C)C)C2)nc1. The first kappa shape index (κ1) is 26.6. The minimum Gasteiger partial charge on any atom is -0.444 e. The first-order valence-electron chi connectivity index (χ1n) is 12.5. The summed E-state index contributed by atoms with van der Waals surface area (Å²) in [6.45, 7) is 10.7. The van der Waals surface area contributed by atoms with Gasteiger partial charge in [0.2, 0.25) is 0 Å². The van der Waals surface area contributed by atoms with Crippen molar-refractivity contribution in [2.75, 3.05) is 23.3 Å². The number of aromatic nitrogens is 3. The second-order valence-corrected chi connectivity index (χ2v) is 10.9. The molecule has 1 atom stereocenters. The Labute approximate surface area is 222 Å². The van der Waals surface area contributed by atoms with E-state index in [2.05, 4.69) is 30.5 Å². The summed E-state index contributed by atoms with van der Waals surface area (Å²) in [6.07, 6.45) is 4.71. The number of pyridine rings is 3. The lowest BCUT2D eigenvalue weighted by atomic mass is 10.00. The van der Waals surface area contributed by atoms with Crippen LogP contribution in [0.3, 0.4) is 0 Å². The highest BCUT2D eigenvalue weighted by Gasteiger charge is 2.25. The number of nitrogens with zero attached hydrogens (tertiary/aromatic N) is 4. The molecule has 3 aromatic heterocycles. The third-order valence-corrected chi connectivity index (χ3v) is 6.16. The molecule has 4 rings (SSSR count). The van der Waals surface area contributed by atoms with Crippen molar-refractivity contribution in [3.63, 3.8) is 0 Å². The molecule has 1 saturated heterocycles. The zero-order valence-electron chi connectivity index (χ0n) is 21.8. The smallest absolute Gasteiger partial charge is 0.407 e. The van der Waals surface area contributed by atoms with Gasteiger partial charge in [0.05, 0.1) is 28.7 Å². The average Bonchev–Trinajstić information content (AvgIpc) is 2.83. The Morgan fingerprint density at radius 1 is 1.14 bits per heavy atom. The van der Waals surface area contributed by atoms with E-state index in [1.54, 1.807) is 24.5 Å².